The van der Waals surface area contributed by atoms with E-state index in [0.717, 1.165) is 4.47 Å². The summed E-state index contributed by atoms with van der Waals surface area (Å²) >= 11 is 3.29. The van der Waals surface area contributed by atoms with Crippen LogP contribution in [-0.2, 0) is 6.61 Å². The monoisotopic (exact) mass is 320 g/mol. The van der Waals surface area contributed by atoms with E-state index in [1.54, 1.807) is 36.4 Å². The molecule has 0 fully saturated rings. The Hall–Kier alpha value is -2.06. The van der Waals surface area contributed by atoms with Crippen LogP contribution in [0.3, 0.4) is 0 Å². The highest BCUT2D eigenvalue weighted by atomic mass is 79.9. The third kappa shape index (κ3) is 3.04. The Morgan fingerprint density at radius 3 is 2.79 bits per heavy atom. The Balaban J connectivity index is 2.17. The number of rotatable bonds is 3. The van der Waals surface area contributed by atoms with Crippen molar-refractivity contribution in [3.63, 3.8) is 0 Å². The number of nitrogens with two attached hydrogens (primary N) is 1. The van der Waals surface area contributed by atoms with Gasteiger partial charge in [-0.3, -0.25) is 0 Å². The van der Waals surface area contributed by atoms with Gasteiger partial charge >= 0.3 is 0 Å². The van der Waals surface area contributed by atoms with Gasteiger partial charge in [-0.25, -0.2) is 4.39 Å². The molecule has 0 unspecified atom stereocenters. The molecule has 2 aromatic rings. The number of hydrogen-bond acceptors (Lipinski definition) is 3. The third-order valence-electron chi connectivity index (χ3n) is 2.55. The maximum atomic E-state index is 13.8. The van der Waals surface area contributed by atoms with Crippen LogP contribution in [0, 0.1) is 17.1 Å². The largest absolute Gasteiger partial charge is 0.487 e. The number of hydrogen-bond donors (Lipinski definition) is 1. The second kappa shape index (κ2) is 5.72. The molecule has 3 nitrogen and oxygen atoms in total. The highest BCUT2D eigenvalue weighted by molar-refractivity contribution is 9.10. The summed E-state index contributed by atoms with van der Waals surface area (Å²) in [4.78, 5) is 0. The maximum absolute atomic E-state index is 13.8. The summed E-state index contributed by atoms with van der Waals surface area (Å²) in [6.07, 6.45) is 0. The predicted octanol–water partition coefficient (Wildman–Crippen LogP) is 3.62. The van der Waals surface area contributed by atoms with Gasteiger partial charge in [0.2, 0.25) is 0 Å². The standard InChI is InChI=1S/C14H10BrFN2O/c15-11-4-5-13(12(18)6-11)19-8-10-3-1-2-9(7-17)14(10)16/h1-6H,8,18H2. The Morgan fingerprint density at radius 1 is 1.32 bits per heavy atom. The van der Waals surface area contributed by atoms with E-state index in [2.05, 4.69) is 15.9 Å². The Morgan fingerprint density at radius 2 is 2.11 bits per heavy atom. The molecule has 2 N–H and O–H groups in total. The van der Waals surface area contributed by atoms with Gasteiger partial charge in [-0.15, -0.1) is 0 Å². The van der Waals surface area contributed by atoms with Crippen LogP contribution in [0.5, 0.6) is 5.75 Å². The van der Waals surface area contributed by atoms with Crippen molar-refractivity contribution in [2.75, 3.05) is 5.73 Å². The first-order chi connectivity index (χ1) is 9.11. The molecule has 0 radical (unpaired) electrons. The molecule has 0 amide bonds. The number of nitrogens with zero attached hydrogens (tertiary/aromatic N) is 1. The van der Waals surface area contributed by atoms with Gasteiger partial charge in [-0.05, 0) is 24.3 Å². The summed E-state index contributed by atoms with van der Waals surface area (Å²) < 4.78 is 20.1. The topological polar surface area (TPSA) is 59.0 Å². The van der Waals surface area contributed by atoms with E-state index in [4.69, 9.17) is 15.7 Å². The lowest BCUT2D eigenvalue weighted by Crippen LogP contribution is -2.02. The molecule has 2 aromatic carbocycles. The zero-order valence-corrected chi connectivity index (χ0v) is 11.4. The average Bonchev–Trinajstić information content (AvgIpc) is 2.39. The fourth-order valence-corrected chi connectivity index (χ4v) is 1.96. The number of halogens is 2. The van der Waals surface area contributed by atoms with E-state index in [1.165, 1.54) is 6.07 Å². The van der Waals surface area contributed by atoms with Gasteiger partial charge in [0.1, 0.15) is 24.2 Å². The fraction of sp³-hybridized carbons (Fsp3) is 0.0714. The number of nitrogen functional groups attached to an aromatic ring is 1. The molecule has 5 heteroatoms. The number of nitriles is 1. The molecule has 0 aliphatic heterocycles. The minimum Gasteiger partial charge on any atom is -0.487 e. The Bertz CT molecular complexity index is 652. The van der Waals surface area contributed by atoms with Crippen molar-refractivity contribution in [1.82, 2.24) is 0 Å². The second-order valence-electron chi connectivity index (χ2n) is 3.86. The van der Waals surface area contributed by atoms with E-state index in [-0.39, 0.29) is 12.2 Å². The molecule has 0 atom stereocenters. The van der Waals surface area contributed by atoms with Crippen LogP contribution in [0.1, 0.15) is 11.1 Å². The highest BCUT2D eigenvalue weighted by Crippen LogP contribution is 2.26. The van der Waals surface area contributed by atoms with Crippen LogP contribution in [-0.4, -0.2) is 0 Å². The first-order valence-corrected chi connectivity index (χ1v) is 6.26. The first-order valence-electron chi connectivity index (χ1n) is 5.47. The normalized spacial score (nSPS) is 9.95. The van der Waals surface area contributed by atoms with Crippen molar-refractivity contribution in [2.45, 2.75) is 6.61 Å². The lowest BCUT2D eigenvalue weighted by atomic mass is 10.1. The summed E-state index contributed by atoms with van der Waals surface area (Å²) in [7, 11) is 0. The molecule has 0 bridgehead atoms. The maximum Gasteiger partial charge on any atom is 0.147 e. The predicted molar refractivity (Wildman–Crippen MR) is 74.0 cm³/mol. The SMILES string of the molecule is N#Cc1cccc(COc2ccc(Br)cc2N)c1F. The molecule has 0 aliphatic rings. The molecule has 96 valence electrons. The van der Waals surface area contributed by atoms with Crippen LogP contribution in [0.15, 0.2) is 40.9 Å². The van der Waals surface area contributed by atoms with Crippen molar-refractivity contribution in [3.8, 4) is 11.8 Å². The summed E-state index contributed by atoms with van der Waals surface area (Å²) in [5.74, 6) is -0.0781. The smallest absolute Gasteiger partial charge is 0.147 e. The van der Waals surface area contributed by atoms with Crippen molar-refractivity contribution in [3.05, 3.63) is 57.8 Å². The van der Waals surface area contributed by atoms with Crippen LogP contribution in [0.2, 0.25) is 0 Å². The molecular formula is C14H10BrFN2O. The van der Waals surface area contributed by atoms with Crippen molar-refractivity contribution in [1.29, 1.82) is 5.26 Å². The molecule has 0 saturated carbocycles. The molecule has 0 spiro atoms. The lowest BCUT2D eigenvalue weighted by molar-refractivity contribution is 0.301. The summed E-state index contributed by atoms with van der Waals surface area (Å²) in [6, 6.07) is 11.6. The van der Waals surface area contributed by atoms with Gasteiger partial charge in [0, 0.05) is 10.0 Å². The quantitative estimate of drug-likeness (QED) is 0.879. The van der Waals surface area contributed by atoms with Crippen LogP contribution < -0.4 is 10.5 Å². The van der Waals surface area contributed by atoms with Crippen molar-refractivity contribution < 1.29 is 9.13 Å². The van der Waals surface area contributed by atoms with E-state index in [1.807, 2.05) is 0 Å². The fourth-order valence-electron chi connectivity index (χ4n) is 1.58. The van der Waals surface area contributed by atoms with Gasteiger partial charge < -0.3 is 10.5 Å². The molecule has 0 aliphatic carbocycles. The number of anilines is 1. The van der Waals surface area contributed by atoms with Gasteiger partial charge in [0.15, 0.2) is 0 Å². The van der Waals surface area contributed by atoms with E-state index < -0.39 is 5.82 Å². The molecule has 0 saturated heterocycles. The summed E-state index contributed by atoms with van der Waals surface area (Å²) in [5, 5.41) is 8.75. The van der Waals surface area contributed by atoms with Crippen molar-refractivity contribution >= 4 is 21.6 Å². The molecule has 0 aromatic heterocycles. The van der Waals surface area contributed by atoms with Gasteiger partial charge in [0.25, 0.3) is 0 Å². The van der Waals surface area contributed by atoms with E-state index >= 15 is 0 Å². The van der Waals surface area contributed by atoms with Gasteiger partial charge in [-0.2, -0.15) is 5.26 Å². The van der Waals surface area contributed by atoms with E-state index in [0.29, 0.717) is 17.0 Å². The average molecular weight is 321 g/mol. The zero-order valence-electron chi connectivity index (χ0n) is 9.86. The molecule has 2 rings (SSSR count). The summed E-state index contributed by atoms with van der Waals surface area (Å²) in [6.45, 7) is 0.0210. The van der Waals surface area contributed by atoms with Crippen molar-refractivity contribution in [2.24, 2.45) is 0 Å². The zero-order chi connectivity index (χ0) is 13.8. The number of benzene rings is 2. The minimum absolute atomic E-state index is 0.00452. The first kappa shape index (κ1) is 13.4. The summed E-state index contributed by atoms with van der Waals surface area (Å²) in [5.41, 5.74) is 6.57. The second-order valence-corrected chi connectivity index (χ2v) is 4.78. The van der Waals surface area contributed by atoms with Gasteiger partial charge in [-0.1, -0.05) is 28.1 Å². The highest BCUT2D eigenvalue weighted by Gasteiger charge is 2.09. The third-order valence-corrected chi connectivity index (χ3v) is 3.05. The van der Waals surface area contributed by atoms with Crippen LogP contribution in [0.25, 0.3) is 0 Å². The van der Waals surface area contributed by atoms with Crippen LogP contribution in [0.4, 0.5) is 10.1 Å². The number of ether oxygens (including phenoxy) is 1. The minimum atomic E-state index is -0.555. The molecular weight excluding hydrogens is 311 g/mol. The molecule has 19 heavy (non-hydrogen) atoms. The molecule has 0 heterocycles. The van der Waals surface area contributed by atoms with E-state index in [9.17, 15) is 4.39 Å². The van der Waals surface area contributed by atoms with Gasteiger partial charge in [0.05, 0.1) is 11.3 Å². The Labute approximate surface area is 118 Å². The lowest BCUT2D eigenvalue weighted by Gasteiger charge is -2.10. The Kier molecular flexibility index (Phi) is 4.03. The van der Waals surface area contributed by atoms with Crippen LogP contribution >= 0.6 is 15.9 Å².